The van der Waals surface area contributed by atoms with Crippen LogP contribution in [0.2, 0.25) is 5.02 Å². The quantitative estimate of drug-likeness (QED) is 0.606. The fourth-order valence-corrected chi connectivity index (χ4v) is 2.70. The molecule has 1 aromatic rings. The van der Waals surface area contributed by atoms with Gasteiger partial charge in [-0.25, -0.2) is 0 Å². The average Bonchev–Trinajstić information content (AvgIpc) is 2.55. The van der Waals surface area contributed by atoms with E-state index < -0.39 is 0 Å². The first-order valence-electron chi connectivity index (χ1n) is 7.77. The largest absolute Gasteiger partial charge is 0.484 e. The Morgan fingerprint density at radius 3 is 2.74 bits per heavy atom. The molecule has 2 rings (SSSR count). The van der Waals surface area contributed by atoms with Crippen LogP contribution in [0.1, 0.15) is 32.1 Å². The Hall–Kier alpha value is -1.59. The van der Waals surface area contributed by atoms with Crippen molar-refractivity contribution in [3.8, 4) is 5.75 Å². The maximum atomic E-state index is 11.8. The molecule has 1 amide bonds. The second-order valence-corrected chi connectivity index (χ2v) is 6.25. The van der Waals surface area contributed by atoms with Crippen LogP contribution in [0.3, 0.4) is 0 Å². The minimum absolute atomic E-state index is 0.0887. The van der Waals surface area contributed by atoms with Crippen LogP contribution < -0.4 is 15.4 Å². The average molecular weight is 353 g/mol. The summed E-state index contributed by atoms with van der Waals surface area (Å²) < 4.78 is 5.36. The number of hydrogen-bond acceptors (Lipinski definition) is 3. The van der Waals surface area contributed by atoms with Crippen molar-refractivity contribution in [2.75, 3.05) is 13.2 Å². The second kappa shape index (κ2) is 9.53. The van der Waals surface area contributed by atoms with Gasteiger partial charge in [-0.05, 0) is 68.6 Å². The van der Waals surface area contributed by atoms with Gasteiger partial charge in [0, 0.05) is 11.6 Å². The van der Waals surface area contributed by atoms with Gasteiger partial charge < -0.3 is 15.4 Å². The molecule has 0 aliphatic heterocycles. The van der Waals surface area contributed by atoms with Crippen LogP contribution in [0.15, 0.2) is 35.9 Å². The van der Waals surface area contributed by atoms with E-state index in [9.17, 15) is 4.79 Å². The molecule has 1 aliphatic carbocycles. The molecule has 0 atom stereocenters. The van der Waals surface area contributed by atoms with Gasteiger partial charge in [-0.3, -0.25) is 4.79 Å². The van der Waals surface area contributed by atoms with Gasteiger partial charge in [0.1, 0.15) is 5.75 Å². The molecule has 0 aromatic heterocycles. The van der Waals surface area contributed by atoms with Crippen molar-refractivity contribution in [2.24, 2.45) is 0 Å². The third kappa shape index (κ3) is 7.01. The first-order chi connectivity index (χ1) is 11.1. The van der Waals surface area contributed by atoms with E-state index in [4.69, 9.17) is 28.6 Å². The van der Waals surface area contributed by atoms with Crippen LogP contribution in [-0.4, -0.2) is 24.2 Å². The molecule has 0 fully saturated rings. The molecule has 124 valence electrons. The molecule has 0 spiro atoms. The summed E-state index contributed by atoms with van der Waals surface area (Å²) in [6, 6.07) is 6.84. The lowest BCUT2D eigenvalue weighted by Gasteiger charge is -2.14. The van der Waals surface area contributed by atoms with Crippen molar-refractivity contribution in [1.82, 2.24) is 10.6 Å². The summed E-state index contributed by atoms with van der Waals surface area (Å²) in [6.45, 7) is 0.650. The number of nitrogens with one attached hydrogen (secondary N) is 2. The van der Waals surface area contributed by atoms with Gasteiger partial charge >= 0.3 is 0 Å². The monoisotopic (exact) mass is 352 g/mol. The molecule has 0 heterocycles. The van der Waals surface area contributed by atoms with E-state index in [1.165, 1.54) is 31.3 Å². The molecule has 1 aliphatic rings. The summed E-state index contributed by atoms with van der Waals surface area (Å²) in [5.41, 5.74) is 1.48. The predicted octanol–water partition coefficient (Wildman–Crippen LogP) is 3.60. The van der Waals surface area contributed by atoms with Crippen LogP contribution >= 0.6 is 23.8 Å². The van der Waals surface area contributed by atoms with E-state index in [1.807, 2.05) is 0 Å². The third-order valence-electron chi connectivity index (χ3n) is 3.55. The summed E-state index contributed by atoms with van der Waals surface area (Å²) in [6.07, 6.45) is 8.20. The van der Waals surface area contributed by atoms with E-state index in [0.29, 0.717) is 15.9 Å². The van der Waals surface area contributed by atoms with Crippen molar-refractivity contribution in [3.05, 3.63) is 40.9 Å². The van der Waals surface area contributed by atoms with Crippen molar-refractivity contribution in [3.63, 3.8) is 0 Å². The third-order valence-corrected chi connectivity index (χ3v) is 4.05. The molecule has 1 aromatic carbocycles. The van der Waals surface area contributed by atoms with Crippen LogP contribution in [-0.2, 0) is 4.79 Å². The Morgan fingerprint density at radius 1 is 1.26 bits per heavy atom. The van der Waals surface area contributed by atoms with Crippen LogP contribution in [0.25, 0.3) is 0 Å². The number of amides is 1. The highest BCUT2D eigenvalue weighted by molar-refractivity contribution is 7.80. The summed E-state index contributed by atoms with van der Waals surface area (Å²) in [5.74, 6) is 0.307. The molecule has 0 bridgehead atoms. The Balaban J connectivity index is 1.61. The molecule has 0 saturated heterocycles. The van der Waals surface area contributed by atoms with Gasteiger partial charge in [-0.1, -0.05) is 23.3 Å². The Morgan fingerprint density at radius 2 is 2.04 bits per heavy atom. The normalized spacial score (nSPS) is 13.9. The number of rotatable bonds is 6. The fraction of sp³-hybridized carbons (Fsp3) is 0.412. The lowest BCUT2D eigenvalue weighted by molar-refractivity contribution is -0.121. The van der Waals surface area contributed by atoms with Crippen LogP contribution in [0.4, 0.5) is 0 Å². The zero-order chi connectivity index (χ0) is 16.5. The van der Waals surface area contributed by atoms with E-state index in [1.54, 1.807) is 24.3 Å². The Bertz CT molecular complexity index is 572. The molecule has 4 nitrogen and oxygen atoms in total. The van der Waals surface area contributed by atoms with Gasteiger partial charge in [0.2, 0.25) is 0 Å². The summed E-state index contributed by atoms with van der Waals surface area (Å²) in [4.78, 5) is 11.8. The fourth-order valence-electron chi connectivity index (χ4n) is 2.35. The van der Waals surface area contributed by atoms with Crippen molar-refractivity contribution >= 4 is 34.8 Å². The molecular weight excluding hydrogens is 332 g/mol. The SMILES string of the molecule is O=C(COc1ccc(Cl)cc1)NC(=S)NCCC1=CCCCC1. The maximum Gasteiger partial charge on any atom is 0.264 e. The predicted molar refractivity (Wildman–Crippen MR) is 96.9 cm³/mol. The standard InChI is InChI=1S/C17H21ClN2O2S/c18-14-6-8-15(9-7-14)22-12-16(21)20-17(23)19-11-10-13-4-2-1-3-5-13/h4,6-9H,1-3,5,10-12H2,(H2,19,20,21,23). The van der Waals surface area contributed by atoms with Crippen molar-refractivity contribution in [2.45, 2.75) is 32.1 Å². The Kier molecular flexibility index (Phi) is 7.36. The first kappa shape index (κ1) is 17.8. The summed E-state index contributed by atoms with van der Waals surface area (Å²) in [5, 5.41) is 6.63. The molecule has 6 heteroatoms. The highest BCUT2D eigenvalue weighted by Crippen LogP contribution is 2.19. The lowest BCUT2D eigenvalue weighted by Crippen LogP contribution is -2.41. The highest BCUT2D eigenvalue weighted by Gasteiger charge is 2.07. The first-order valence-corrected chi connectivity index (χ1v) is 8.56. The number of carbonyl (C=O) groups is 1. The van der Waals surface area contributed by atoms with Gasteiger partial charge in [0.15, 0.2) is 11.7 Å². The van der Waals surface area contributed by atoms with Crippen LogP contribution in [0.5, 0.6) is 5.75 Å². The van der Waals surface area contributed by atoms with Gasteiger partial charge in [-0.2, -0.15) is 0 Å². The minimum atomic E-state index is -0.283. The number of allylic oxidation sites excluding steroid dienone is 1. The van der Waals surface area contributed by atoms with Crippen molar-refractivity contribution in [1.29, 1.82) is 0 Å². The molecule has 0 unspecified atom stereocenters. The zero-order valence-electron chi connectivity index (χ0n) is 12.9. The summed E-state index contributed by atoms with van der Waals surface area (Å²) >= 11 is 10.9. The summed E-state index contributed by atoms with van der Waals surface area (Å²) in [7, 11) is 0. The topological polar surface area (TPSA) is 50.4 Å². The maximum absolute atomic E-state index is 11.8. The number of carbonyl (C=O) groups excluding carboxylic acids is 1. The van der Waals surface area contributed by atoms with E-state index in [0.717, 1.165) is 13.0 Å². The van der Waals surface area contributed by atoms with Crippen LogP contribution in [0, 0.1) is 0 Å². The number of thiocarbonyl (C=S) groups is 1. The number of ether oxygens (including phenoxy) is 1. The van der Waals surface area contributed by atoms with E-state index in [2.05, 4.69) is 16.7 Å². The number of hydrogen-bond donors (Lipinski definition) is 2. The lowest BCUT2D eigenvalue weighted by atomic mass is 9.97. The van der Waals surface area contributed by atoms with Gasteiger partial charge in [-0.15, -0.1) is 0 Å². The second-order valence-electron chi connectivity index (χ2n) is 5.40. The minimum Gasteiger partial charge on any atom is -0.484 e. The van der Waals surface area contributed by atoms with Gasteiger partial charge in [0.25, 0.3) is 5.91 Å². The molecule has 0 saturated carbocycles. The number of halogens is 1. The molecule has 2 N–H and O–H groups in total. The molecule has 23 heavy (non-hydrogen) atoms. The molecule has 0 radical (unpaired) electrons. The number of benzene rings is 1. The van der Waals surface area contributed by atoms with E-state index in [-0.39, 0.29) is 12.5 Å². The smallest absolute Gasteiger partial charge is 0.264 e. The molecular formula is C17H21ClN2O2S. The zero-order valence-corrected chi connectivity index (χ0v) is 14.5. The van der Waals surface area contributed by atoms with Crippen molar-refractivity contribution < 1.29 is 9.53 Å². The highest BCUT2D eigenvalue weighted by atomic mass is 35.5. The van der Waals surface area contributed by atoms with E-state index >= 15 is 0 Å². The van der Waals surface area contributed by atoms with Gasteiger partial charge in [0.05, 0.1) is 0 Å². The Labute approximate surface area is 147 Å².